The Hall–Kier alpha value is -2.18. The first-order valence-corrected chi connectivity index (χ1v) is 8.33. The third-order valence-electron chi connectivity index (χ3n) is 3.90. The number of rotatable bonds is 2. The molecule has 0 atom stereocenters. The molecule has 0 unspecified atom stereocenters. The SMILES string of the molecule is Fc1ccccc1C1=NCc2nnc(CS)n2-c2ccc(Cl)cc21. The summed E-state index contributed by atoms with van der Waals surface area (Å²) < 4.78 is 16.3. The number of nitrogens with zero attached hydrogens (tertiary/aromatic N) is 4. The van der Waals surface area contributed by atoms with E-state index in [0.717, 1.165) is 11.3 Å². The fourth-order valence-electron chi connectivity index (χ4n) is 2.85. The van der Waals surface area contributed by atoms with Gasteiger partial charge in [-0.15, -0.1) is 10.2 Å². The molecule has 0 radical (unpaired) electrons. The second-order valence-electron chi connectivity index (χ2n) is 5.33. The zero-order chi connectivity index (χ0) is 16.7. The minimum absolute atomic E-state index is 0.302. The van der Waals surface area contributed by atoms with Gasteiger partial charge in [-0.05, 0) is 30.3 Å². The fraction of sp³-hybridized carbons (Fsp3) is 0.118. The van der Waals surface area contributed by atoms with E-state index in [9.17, 15) is 4.39 Å². The van der Waals surface area contributed by atoms with Crippen molar-refractivity contribution in [2.75, 3.05) is 0 Å². The van der Waals surface area contributed by atoms with Crippen LogP contribution < -0.4 is 0 Å². The van der Waals surface area contributed by atoms with Crippen LogP contribution in [0.4, 0.5) is 4.39 Å². The lowest BCUT2D eigenvalue weighted by molar-refractivity contribution is 0.625. The summed E-state index contributed by atoms with van der Waals surface area (Å²) in [5.74, 6) is 1.51. The summed E-state index contributed by atoms with van der Waals surface area (Å²) in [5, 5.41) is 8.90. The zero-order valence-corrected chi connectivity index (χ0v) is 14.1. The van der Waals surface area contributed by atoms with E-state index in [1.807, 2.05) is 10.6 Å². The van der Waals surface area contributed by atoms with E-state index in [1.54, 1.807) is 30.3 Å². The smallest absolute Gasteiger partial charge is 0.159 e. The summed E-state index contributed by atoms with van der Waals surface area (Å²) in [6, 6.07) is 12.0. The number of fused-ring (bicyclic) bond motifs is 3. The lowest BCUT2D eigenvalue weighted by Gasteiger charge is -2.13. The quantitative estimate of drug-likeness (QED) is 0.707. The zero-order valence-electron chi connectivity index (χ0n) is 12.4. The van der Waals surface area contributed by atoms with Crippen LogP contribution in [0.1, 0.15) is 22.8 Å². The predicted octanol–water partition coefficient (Wildman–Crippen LogP) is 3.84. The molecular formula is C17H12ClFN4S. The van der Waals surface area contributed by atoms with Crippen LogP contribution in [0.2, 0.25) is 5.02 Å². The van der Waals surface area contributed by atoms with E-state index < -0.39 is 0 Å². The normalized spacial score (nSPS) is 13.0. The van der Waals surface area contributed by atoms with E-state index in [2.05, 4.69) is 27.8 Å². The van der Waals surface area contributed by atoms with Crippen LogP contribution in [0.5, 0.6) is 0 Å². The van der Waals surface area contributed by atoms with Crippen LogP contribution in [0.25, 0.3) is 5.69 Å². The molecule has 1 aliphatic heterocycles. The van der Waals surface area contributed by atoms with Crippen molar-refractivity contribution >= 4 is 29.9 Å². The molecule has 0 saturated heterocycles. The molecule has 0 saturated carbocycles. The van der Waals surface area contributed by atoms with Crippen LogP contribution >= 0.6 is 24.2 Å². The Morgan fingerprint density at radius 1 is 1.12 bits per heavy atom. The molecule has 0 aliphatic carbocycles. The number of aromatic nitrogens is 3. The van der Waals surface area contributed by atoms with Gasteiger partial charge < -0.3 is 0 Å². The van der Waals surface area contributed by atoms with Crippen LogP contribution in [0.3, 0.4) is 0 Å². The Kier molecular flexibility index (Phi) is 3.86. The maximum Gasteiger partial charge on any atom is 0.159 e. The molecular weight excluding hydrogens is 347 g/mol. The summed E-state index contributed by atoms with van der Waals surface area (Å²) in [6.45, 7) is 0.302. The van der Waals surface area contributed by atoms with Gasteiger partial charge in [0.05, 0.1) is 17.2 Å². The van der Waals surface area contributed by atoms with Gasteiger partial charge in [0.25, 0.3) is 0 Å². The molecule has 120 valence electrons. The molecule has 2 aromatic carbocycles. The molecule has 2 heterocycles. The van der Waals surface area contributed by atoms with Crippen molar-refractivity contribution in [1.82, 2.24) is 14.8 Å². The topological polar surface area (TPSA) is 43.1 Å². The Balaban J connectivity index is 2.01. The van der Waals surface area contributed by atoms with Crippen molar-refractivity contribution in [3.63, 3.8) is 0 Å². The Morgan fingerprint density at radius 3 is 2.75 bits per heavy atom. The second kappa shape index (κ2) is 6.03. The van der Waals surface area contributed by atoms with Gasteiger partial charge in [-0.2, -0.15) is 12.6 Å². The molecule has 0 spiro atoms. The third-order valence-corrected chi connectivity index (χ3v) is 4.42. The van der Waals surface area contributed by atoms with Gasteiger partial charge in [-0.1, -0.05) is 23.7 Å². The average molecular weight is 359 g/mol. The highest BCUT2D eigenvalue weighted by atomic mass is 35.5. The highest BCUT2D eigenvalue weighted by molar-refractivity contribution is 7.79. The number of hydrogen-bond acceptors (Lipinski definition) is 4. The molecule has 3 aromatic rings. The van der Waals surface area contributed by atoms with Gasteiger partial charge in [0.2, 0.25) is 0 Å². The molecule has 4 nitrogen and oxygen atoms in total. The van der Waals surface area contributed by atoms with Crippen LogP contribution in [-0.4, -0.2) is 20.5 Å². The molecule has 0 fully saturated rings. The van der Waals surface area contributed by atoms with Gasteiger partial charge in [0, 0.05) is 16.1 Å². The largest absolute Gasteiger partial charge is 0.280 e. The number of benzene rings is 2. The first-order valence-electron chi connectivity index (χ1n) is 7.32. The molecule has 7 heteroatoms. The highest BCUT2D eigenvalue weighted by Gasteiger charge is 2.23. The molecule has 24 heavy (non-hydrogen) atoms. The van der Waals surface area contributed by atoms with Crippen molar-refractivity contribution in [3.8, 4) is 5.69 Å². The standard InChI is InChI=1S/C17H12ClFN4S/c18-10-5-6-14-12(7-10)17(11-3-1-2-4-13(11)19)20-8-15-21-22-16(9-24)23(14)15/h1-7,24H,8-9H2. The predicted molar refractivity (Wildman–Crippen MR) is 94.8 cm³/mol. The Morgan fingerprint density at radius 2 is 1.96 bits per heavy atom. The maximum absolute atomic E-state index is 14.3. The maximum atomic E-state index is 14.3. The van der Waals surface area contributed by atoms with Crippen LogP contribution in [0, 0.1) is 5.82 Å². The number of halogens is 2. The Bertz CT molecular complexity index is 967. The van der Waals surface area contributed by atoms with Gasteiger partial charge in [0.1, 0.15) is 18.2 Å². The van der Waals surface area contributed by atoms with Gasteiger partial charge in [-0.3, -0.25) is 9.56 Å². The summed E-state index contributed by atoms with van der Waals surface area (Å²) in [4.78, 5) is 4.60. The summed E-state index contributed by atoms with van der Waals surface area (Å²) in [6.07, 6.45) is 0. The Labute approximate surface area is 148 Å². The van der Waals surface area contributed by atoms with E-state index in [0.29, 0.717) is 40.2 Å². The molecule has 4 rings (SSSR count). The average Bonchev–Trinajstić information content (AvgIpc) is 2.93. The molecule has 0 bridgehead atoms. The van der Waals surface area contributed by atoms with Crippen molar-refractivity contribution in [3.05, 3.63) is 76.1 Å². The molecule has 0 N–H and O–H groups in total. The third kappa shape index (κ3) is 2.42. The number of hydrogen-bond donors (Lipinski definition) is 1. The molecule has 1 aromatic heterocycles. The summed E-state index contributed by atoms with van der Waals surface area (Å²) in [7, 11) is 0. The first kappa shape index (κ1) is 15.4. The van der Waals surface area contributed by atoms with E-state index >= 15 is 0 Å². The second-order valence-corrected chi connectivity index (χ2v) is 6.08. The van der Waals surface area contributed by atoms with Gasteiger partial charge in [-0.25, -0.2) is 4.39 Å². The van der Waals surface area contributed by atoms with E-state index in [1.165, 1.54) is 6.07 Å². The van der Waals surface area contributed by atoms with Gasteiger partial charge >= 0.3 is 0 Å². The van der Waals surface area contributed by atoms with Crippen molar-refractivity contribution in [2.24, 2.45) is 4.99 Å². The monoisotopic (exact) mass is 358 g/mol. The highest BCUT2D eigenvalue weighted by Crippen LogP contribution is 2.29. The molecule has 0 amide bonds. The van der Waals surface area contributed by atoms with E-state index in [-0.39, 0.29) is 5.82 Å². The van der Waals surface area contributed by atoms with Crippen molar-refractivity contribution < 1.29 is 4.39 Å². The van der Waals surface area contributed by atoms with Crippen molar-refractivity contribution in [1.29, 1.82) is 0 Å². The minimum atomic E-state index is -0.325. The van der Waals surface area contributed by atoms with Crippen LogP contribution in [0.15, 0.2) is 47.5 Å². The van der Waals surface area contributed by atoms with Crippen molar-refractivity contribution in [2.45, 2.75) is 12.3 Å². The van der Waals surface area contributed by atoms with Crippen LogP contribution in [-0.2, 0) is 12.3 Å². The van der Waals surface area contributed by atoms with Gasteiger partial charge in [0.15, 0.2) is 5.82 Å². The lowest BCUT2D eigenvalue weighted by atomic mass is 10.00. The first-order chi connectivity index (χ1) is 11.7. The number of thiol groups is 1. The lowest BCUT2D eigenvalue weighted by Crippen LogP contribution is -2.10. The summed E-state index contributed by atoms with van der Waals surface area (Å²) >= 11 is 10.5. The summed E-state index contributed by atoms with van der Waals surface area (Å²) in [5.41, 5.74) is 2.56. The molecule has 1 aliphatic rings. The fourth-order valence-corrected chi connectivity index (χ4v) is 3.22. The van der Waals surface area contributed by atoms with E-state index in [4.69, 9.17) is 11.6 Å². The minimum Gasteiger partial charge on any atom is -0.280 e. The number of aliphatic imine (C=N–C) groups is 1.